The van der Waals surface area contributed by atoms with Gasteiger partial charge in [0.2, 0.25) is 0 Å². The van der Waals surface area contributed by atoms with E-state index in [2.05, 4.69) is 50.2 Å². The highest BCUT2D eigenvalue weighted by atomic mass is 32.1. The third-order valence-corrected chi connectivity index (χ3v) is 4.21. The summed E-state index contributed by atoms with van der Waals surface area (Å²) in [5.41, 5.74) is 1.43. The maximum Gasteiger partial charge on any atom is 0.0354 e. The fraction of sp³-hybridized carbons (Fsp3) is 0.143. The van der Waals surface area contributed by atoms with Crippen molar-refractivity contribution in [3.8, 4) is 0 Å². The first-order valence-electron chi connectivity index (χ1n) is 5.14. The van der Waals surface area contributed by atoms with E-state index in [4.69, 9.17) is 0 Å². The van der Waals surface area contributed by atoms with Gasteiger partial charge in [0.15, 0.2) is 0 Å². The van der Waals surface area contributed by atoms with Gasteiger partial charge < -0.3 is 0 Å². The maximum atomic E-state index is 2.31. The topological polar surface area (TPSA) is 0 Å². The van der Waals surface area contributed by atoms with E-state index in [1.165, 1.54) is 31.3 Å². The van der Waals surface area contributed by atoms with E-state index >= 15 is 0 Å². The lowest BCUT2D eigenvalue weighted by atomic mass is 10.1. The van der Waals surface area contributed by atoms with Crippen molar-refractivity contribution < 1.29 is 0 Å². The summed E-state index contributed by atoms with van der Waals surface area (Å²) in [7, 11) is 0. The second-order valence-corrected chi connectivity index (χ2v) is 5.24. The highest BCUT2D eigenvalue weighted by Crippen LogP contribution is 2.33. The number of rotatable bonds is 0. The quantitative estimate of drug-likeness (QED) is 0.508. The third kappa shape index (κ3) is 1.27. The van der Waals surface area contributed by atoms with Crippen molar-refractivity contribution in [1.82, 2.24) is 0 Å². The van der Waals surface area contributed by atoms with E-state index < -0.39 is 0 Å². The Morgan fingerprint density at radius 2 is 1.60 bits per heavy atom. The van der Waals surface area contributed by atoms with Crippen molar-refractivity contribution >= 4 is 32.2 Å². The molecule has 0 N–H and O–H groups in total. The van der Waals surface area contributed by atoms with Crippen molar-refractivity contribution in [3.63, 3.8) is 0 Å². The maximum absolute atomic E-state index is 2.31. The summed E-state index contributed by atoms with van der Waals surface area (Å²) < 4.78 is 1.41. The molecule has 0 saturated carbocycles. The minimum atomic E-state index is 1.34. The van der Waals surface area contributed by atoms with Crippen LogP contribution in [-0.2, 0) is 0 Å². The average molecular weight is 212 g/mol. The van der Waals surface area contributed by atoms with Gasteiger partial charge in [0.25, 0.3) is 0 Å². The SMILES string of the molecule is Cc1sc2cc3ccccc3cc2c1C. The molecule has 0 amide bonds. The Labute approximate surface area is 93.2 Å². The first kappa shape index (κ1) is 8.93. The predicted octanol–water partition coefficient (Wildman–Crippen LogP) is 4.67. The summed E-state index contributed by atoms with van der Waals surface area (Å²) >= 11 is 1.89. The molecule has 0 aliphatic carbocycles. The summed E-state index contributed by atoms with van der Waals surface area (Å²) in [4.78, 5) is 1.43. The second-order valence-electron chi connectivity index (χ2n) is 3.98. The number of thiophene rings is 1. The van der Waals surface area contributed by atoms with E-state index in [0.29, 0.717) is 0 Å². The zero-order valence-corrected chi connectivity index (χ0v) is 9.69. The van der Waals surface area contributed by atoms with Crippen LogP contribution in [0, 0.1) is 13.8 Å². The minimum Gasteiger partial charge on any atom is -0.140 e. The van der Waals surface area contributed by atoms with Crippen LogP contribution < -0.4 is 0 Å². The van der Waals surface area contributed by atoms with Crippen LogP contribution in [0.2, 0.25) is 0 Å². The molecule has 0 saturated heterocycles. The van der Waals surface area contributed by atoms with Crippen LogP contribution in [-0.4, -0.2) is 0 Å². The highest BCUT2D eigenvalue weighted by Gasteiger charge is 2.05. The van der Waals surface area contributed by atoms with Gasteiger partial charge >= 0.3 is 0 Å². The number of hydrogen-bond donors (Lipinski definition) is 0. The molecule has 1 heterocycles. The van der Waals surface area contributed by atoms with Crippen LogP contribution in [0.15, 0.2) is 36.4 Å². The van der Waals surface area contributed by atoms with Crippen LogP contribution in [0.5, 0.6) is 0 Å². The van der Waals surface area contributed by atoms with Crippen LogP contribution in [0.4, 0.5) is 0 Å². The van der Waals surface area contributed by atoms with Crippen LogP contribution in [0.25, 0.3) is 20.9 Å². The molecule has 3 rings (SSSR count). The van der Waals surface area contributed by atoms with Crippen molar-refractivity contribution in [2.24, 2.45) is 0 Å². The van der Waals surface area contributed by atoms with Gasteiger partial charge in [-0.1, -0.05) is 24.3 Å². The highest BCUT2D eigenvalue weighted by molar-refractivity contribution is 7.19. The Kier molecular flexibility index (Phi) is 1.83. The van der Waals surface area contributed by atoms with Gasteiger partial charge in [-0.25, -0.2) is 0 Å². The molecular formula is C14H12S. The van der Waals surface area contributed by atoms with Crippen molar-refractivity contribution in [3.05, 3.63) is 46.8 Å². The Balaban J connectivity index is 2.53. The average Bonchev–Trinajstić information content (AvgIpc) is 2.52. The molecule has 2 aromatic carbocycles. The summed E-state index contributed by atoms with van der Waals surface area (Å²) in [6, 6.07) is 13.2. The van der Waals surface area contributed by atoms with Crippen molar-refractivity contribution in [2.45, 2.75) is 13.8 Å². The zero-order valence-electron chi connectivity index (χ0n) is 8.87. The monoisotopic (exact) mass is 212 g/mol. The fourth-order valence-corrected chi connectivity index (χ4v) is 3.13. The molecule has 0 aliphatic rings. The summed E-state index contributed by atoms with van der Waals surface area (Å²) in [5.74, 6) is 0. The van der Waals surface area contributed by atoms with E-state index in [1.54, 1.807) is 0 Å². The number of fused-ring (bicyclic) bond motifs is 2. The Morgan fingerprint density at radius 3 is 2.33 bits per heavy atom. The summed E-state index contributed by atoms with van der Waals surface area (Å²) in [5, 5.41) is 4.09. The lowest BCUT2D eigenvalue weighted by Gasteiger charge is -1.98. The zero-order chi connectivity index (χ0) is 10.4. The molecule has 0 bridgehead atoms. The molecule has 0 spiro atoms. The van der Waals surface area contributed by atoms with Crippen LogP contribution in [0.3, 0.4) is 0 Å². The minimum absolute atomic E-state index is 1.34. The molecule has 74 valence electrons. The predicted molar refractivity (Wildman–Crippen MR) is 68.8 cm³/mol. The molecule has 1 heteroatoms. The molecule has 1 aromatic heterocycles. The van der Waals surface area contributed by atoms with Crippen molar-refractivity contribution in [2.75, 3.05) is 0 Å². The third-order valence-electron chi connectivity index (χ3n) is 3.04. The smallest absolute Gasteiger partial charge is 0.0354 e. The molecule has 3 aromatic rings. The standard InChI is InChI=1S/C14H12S/c1-9-10(2)15-14-8-12-6-4-3-5-11(12)7-13(9)14/h3-8H,1-2H3. The van der Waals surface area contributed by atoms with Crippen LogP contribution in [0.1, 0.15) is 10.4 Å². The molecule has 0 unspecified atom stereocenters. The van der Waals surface area contributed by atoms with E-state index in [1.807, 2.05) is 11.3 Å². The van der Waals surface area contributed by atoms with Crippen molar-refractivity contribution in [1.29, 1.82) is 0 Å². The van der Waals surface area contributed by atoms with Gasteiger partial charge in [0.1, 0.15) is 0 Å². The lowest BCUT2D eigenvalue weighted by molar-refractivity contribution is 1.47. The Hall–Kier alpha value is -1.34. The van der Waals surface area contributed by atoms with Gasteiger partial charge in [-0.05, 0) is 47.7 Å². The summed E-state index contributed by atoms with van der Waals surface area (Å²) in [6.45, 7) is 4.41. The largest absolute Gasteiger partial charge is 0.140 e. The van der Waals surface area contributed by atoms with Gasteiger partial charge in [0.05, 0.1) is 0 Å². The lowest BCUT2D eigenvalue weighted by Crippen LogP contribution is -1.73. The molecule has 0 aliphatic heterocycles. The normalized spacial score (nSPS) is 11.3. The van der Waals surface area contributed by atoms with E-state index in [0.717, 1.165) is 0 Å². The Bertz CT molecular complexity index is 647. The summed E-state index contributed by atoms with van der Waals surface area (Å²) in [6.07, 6.45) is 0. The number of hydrogen-bond acceptors (Lipinski definition) is 1. The van der Waals surface area contributed by atoms with Gasteiger partial charge in [-0.3, -0.25) is 0 Å². The van der Waals surface area contributed by atoms with Crippen LogP contribution >= 0.6 is 11.3 Å². The Morgan fingerprint density at radius 1 is 0.933 bits per heavy atom. The second kappa shape index (κ2) is 3.07. The fourth-order valence-electron chi connectivity index (χ4n) is 2.03. The first-order chi connectivity index (χ1) is 7.25. The van der Waals surface area contributed by atoms with E-state index in [-0.39, 0.29) is 0 Å². The number of aryl methyl sites for hydroxylation is 2. The van der Waals surface area contributed by atoms with Gasteiger partial charge in [-0.2, -0.15) is 0 Å². The van der Waals surface area contributed by atoms with Gasteiger partial charge in [0, 0.05) is 9.58 Å². The van der Waals surface area contributed by atoms with E-state index in [9.17, 15) is 0 Å². The first-order valence-corrected chi connectivity index (χ1v) is 5.96. The number of benzene rings is 2. The molecule has 0 nitrogen and oxygen atoms in total. The molecular weight excluding hydrogens is 200 g/mol. The molecule has 0 atom stereocenters. The molecule has 15 heavy (non-hydrogen) atoms. The molecule has 0 fully saturated rings. The van der Waals surface area contributed by atoms with Gasteiger partial charge in [-0.15, -0.1) is 11.3 Å². The molecule has 0 radical (unpaired) electrons.